The van der Waals surface area contributed by atoms with E-state index in [2.05, 4.69) is 15.6 Å². The second kappa shape index (κ2) is 11.7. The van der Waals surface area contributed by atoms with Crippen LogP contribution in [-0.2, 0) is 9.63 Å². The Balaban J connectivity index is 1.67. The number of halogens is 2. The molecule has 36 heavy (non-hydrogen) atoms. The number of urea groups is 1. The molecule has 0 saturated heterocycles. The van der Waals surface area contributed by atoms with Gasteiger partial charge in [0.15, 0.2) is 0 Å². The lowest BCUT2D eigenvalue weighted by atomic mass is 9.95. The summed E-state index contributed by atoms with van der Waals surface area (Å²) < 4.78 is 0. The molecule has 3 amide bonds. The Hall–Kier alpha value is -3.14. The number of benzene rings is 1. The highest BCUT2D eigenvalue weighted by Crippen LogP contribution is 2.37. The van der Waals surface area contributed by atoms with Crippen molar-refractivity contribution in [3.8, 4) is 10.4 Å². The quantitative estimate of drug-likeness (QED) is 0.335. The third kappa shape index (κ3) is 6.16. The molecule has 1 saturated carbocycles. The maximum absolute atomic E-state index is 13.7. The molecule has 0 bridgehead atoms. The summed E-state index contributed by atoms with van der Waals surface area (Å²) in [6, 6.07) is 9.32. The lowest BCUT2D eigenvalue weighted by molar-refractivity contribution is -0.185. The molecule has 188 valence electrons. The molecule has 1 aliphatic rings. The van der Waals surface area contributed by atoms with E-state index < -0.39 is 17.9 Å². The summed E-state index contributed by atoms with van der Waals surface area (Å²) in [6.07, 6.45) is 7.70. The number of hydrogen-bond donors (Lipinski definition) is 2. The van der Waals surface area contributed by atoms with Gasteiger partial charge in [0.2, 0.25) is 0 Å². The van der Waals surface area contributed by atoms with E-state index in [1.54, 1.807) is 48.8 Å². The molecule has 2 heterocycles. The highest BCUT2D eigenvalue weighted by molar-refractivity contribution is 7.18. The van der Waals surface area contributed by atoms with Crippen LogP contribution >= 0.6 is 34.5 Å². The molecule has 2 N–H and O–H groups in total. The maximum atomic E-state index is 13.7. The van der Waals surface area contributed by atoms with Gasteiger partial charge in [-0.3, -0.25) is 14.6 Å². The van der Waals surface area contributed by atoms with Crippen LogP contribution in [0.2, 0.25) is 10.0 Å². The van der Waals surface area contributed by atoms with Crippen molar-refractivity contribution in [1.29, 1.82) is 0 Å². The molecule has 4 rings (SSSR count). The standard InChI is InChI=1S/C25H24Cl2N4O4S/c1-15(32)35-31(17-6-3-2-4-7-17)24(33)23-20(14-21(36-23)16-10-12-28-13-11-16)29-25(34)30-22-18(26)8-5-9-19(22)27/h5,8-14,17H,2-4,6-7H2,1H3,(H2,29,30,34). The number of carbonyl (C=O) groups is 3. The van der Waals surface area contributed by atoms with Crippen LogP contribution in [0.5, 0.6) is 0 Å². The molecule has 0 atom stereocenters. The first-order chi connectivity index (χ1) is 17.3. The molecular formula is C25H24Cl2N4O4S. The van der Waals surface area contributed by atoms with E-state index in [-0.39, 0.29) is 32.3 Å². The number of carbonyl (C=O) groups excluding carboxylic acids is 3. The van der Waals surface area contributed by atoms with E-state index >= 15 is 0 Å². The second-order valence-corrected chi connectivity index (χ2v) is 10.1. The third-order valence-electron chi connectivity index (χ3n) is 5.67. The van der Waals surface area contributed by atoms with Gasteiger partial charge in [-0.25, -0.2) is 4.79 Å². The van der Waals surface area contributed by atoms with E-state index in [0.717, 1.165) is 47.6 Å². The molecule has 3 aromatic rings. The first-order valence-corrected chi connectivity index (χ1v) is 13.0. The van der Waals surface area contributed by atoms with Crippen molar-refractivity contribution in [3.05, 3.63) is 63.7 Å². The summed E-state index contributed by atoms with van der Waals surface area (Å²) in [5.74, 6) is -1.08. The Kier molecular flexibility index (Phi) is 8.45. The number of para-hydroxylation sites is 1. The van der Waals surface area contributed by atoms with Crippen molar-refractivity contribution in [2.24, 2.45) is 0 Å². The SMILES string of the molecule is CC(=O)ON(C(=O)c1sc(-c2ccncc2)cc1NC(=O)Nc1c(Cl)cccc1Cl)C1CCCCC1. The maximum Gasteiger partial charge on any atom is 0.329 e. The van der Waals surface area contributed by atoms with Crippen LogP contribution in [0.25, 0.3) is 10.4 Å². The number of aromatic nitrogens is 1. The average molecular weight is 547 g/mol. The van der Waals surface area contributed by atoms with E-state index in [4.69, 9.17) is 28.0 Å². The largest absolute Gasteiger partial charge is 0.338 e. The average Bonchev–Trinajstić information content (AvgIpc) is 3.29. The van der Waals surface area contributed by atoms with Crippen molar-refractivity contribution in [2.45, 2.75) is 45.1 Å². The Morgan fingerprint density at radius 3 is 2.33 bits per heavy atom. The number of nitrogens with zero attached hydrogens (tertiary/aromatic N) is 2. The third-order valence-corrected chi connectivity index (χ3v) is 7.48. The smallest absolute Gasteiger partial charge is 0.329 e. The molecule has 8 nitrogen and oxygen atoms in total. The lowest BCUT2D eigenvalue weighted by Gasteiger charge is -2.31. The van der Waals surface area contributed by atoms with Crippen LogP contribution < -0.4 is 10.6 Å². The van der Waals surface area contributed by atoms with Crippen molar-refractivity contribution in [1.82, 2.24) is 10.0 Å². The zero-order valence-electron chi connectivity index (χ0n) is 19.4. The van der Waals surface area contributed by atoms with Crippen LogP contribution in [-0.4, -0.2) is 34.0 Å². The number of amides is 3. The molecule has 1 aliphatic carbocycles. The molecule has 1 fully saturated rings. The fourth-order valence-corrected chi connectivity index (χ4v) is 5.56. The number of hydroxylamine groups is 2. The van der Waals surface area contributed by atoms with E-state index in [1.165, 1.54) is 18.3 Å². The van der Waals surface area contributed by atoms with Gasteiger partial charge < -0.3 is 15.5 Å². The van der Waals surface area contributed by atoms with E-state index in [0.29, 0.717) is 0 Å². The molecule has 0 spiro atoms. The molecule has 2 aromatic heterocycles. The van der Waals surface area contributed by atoms with Crippen LogP contribution in [0.4, 0.5) is 16.2 Å². The number of rotatable bonds is 5. The lowest BCUT2D eigenvalue weighted by Crippen LogP contribution is -2.42. The van der Waals surface area contributed by atoms with Gasteiger partial charge in [-0.15, -0.1) is 11.3 Å². The highest BCUT2D eigenvalue weighted by atomic mass is 35.5. The van der Waals surface area contributed by atoms with Gasteiger partial charge in [0.25, 0.3) is 5.91 Å². The summed E-state index contributed by atoms with van der Waals surface area (Å²) in [6.45, 7) is 1.26. The Morgan fingerprint density at radius 2 is 1.69 bits per heavy atom. The summed E-state index contributed by atoms with van der Waals surface area (Å²) in [4.78, 5) is 48.9. The molecule has 0 unspecified atom stereocenters. The molecule has 0 aliphatic heterocycles. The molecular weight excluding hydrogens is 523 g/mol. The fraction of sp³-hybridized carbons (Fsp3) is 0.280. The summed E-state index contributed by atoms with van der Waals surface area (Å²) >= 11 is 13.5. The topological polar surface area (TPSA) is 101 Å². The molecule has 11 heteroatoms. The van der Waals surface area contributed by atoms with Crippen LogP contribution in [0.3, 0.4) is 0 Å². The van der Waals surface area contributed by atoms with Gasteiger partial charge in [0.1, 0.15) is 4.88 Å². The number of hydrogen-bond acceptors (Lipinski definition) is 6. The van der Waals surface area contributed by atoms with Gasteiger partial charge in [-0.05, 0) is 48.7 Å². The van der Waals surface area contributed by atoms with Crippen LogP contribution in [0.1, 0.15) is 48.7 Å². The predicted molar refractivity (Wildman–Crippen MR) is 141 cm³/mol. The summed E-state index contributed by atoms with van der Waals surface area (Å²) in [5, 5.41) is 7.08. The summed E-state index contributed by atoms with van der Waals surface area (Å²) in [5.41, 5.74) is 1.34. The first-order valence-electron chi connectivity index (χ1n) is 11.4. The van der Waals surface area contributed by atoms with Crippen molar-refractivity contribution in [2.75, 3.05) is 10.6 Å². The van der Waals surface area contributed by atoms with Crippen LogP contribution in [0, 0.1) is 0 Å². The van der Waals surface area contributed by atoms with Crippen molar-refractivity contribution in [3.63, 3.8) is 0 Å². The van der Waals surface area contributed by atoms with Gasteiger partial charge >= 0.3 is 12.0 Å². The first kappa shape index (κ1) is 25.9. The van der Waals surface area contributed by atoms with E-state index in [1.807, 2.05) is 0 Å². The van der Waals surface area contributed by atoms with Gasteiger partial charge in [-0.1, -0.05) is 48.5 Å². The van der Waals surface area contributed by atoms with Crippen molar-refractivity contribution >= 4 is 63.8 Å². The Labute approximate surface area is 222 Å². The van der Waals surface area contributed by atoms with Gasteiger partial charge in [0.05, 0.1) is 27.5 Å². The van der Waals surface area contributed by atoms with Crippen molar-refractivity contribution < 1.29 is 19.2 Å². The fourth-order valence-electron chi connectivity index (χ4n) is 4.02. The van der Waals surface area contributed by atoms with E-state index in [9.17, 15) is 14.4 Å². The number of nitrogens with one attached hydrogen (secondary N) is 2. The number of anilines is 2. The Bertz CT molecular complexity index is 1240. The molecule has 1 aromatic carbocycles. The van der Waals surface area contributed by atoms with Crippen LogP contribution in [0.15, 0.2) is 48.8 Å². The Morgan fingerprint density at radius 1 is 1.03 bits per heavy atom. The summed E-state index contributed by atoms with van der Waals surface area (Å²) in [7, 11) is 0. The zero-order valence-corrected chi connectivity index (χ0v) is 21.8. The number of thiophene rings is 1. The van der Waals surface area contributed by atoms with Gasteiger partial charge in [-0.2, -0.15) is 5.06 Å². The normalized spacial score (nSPS) is 13.6. The minimum Gasteiger partial charge on any atom is -0.338 e. The predicted octanol–water partition coefficient (Wildman–Crippen LogP) is 7.01. The molecule has 0 radical (unpaired) electrons. The minimum atomic E-state index is -0.630. The minimum absolute atomic E-state index is 0.231. The zero-order chi connectivity index (χ0) is 25.7. The monoisotopic (exact) mass is 546 g/mol. The van der Waals surface area contributed by atoms with Gasteiger partial charge in [0, 0.05) is 24.2 Å². The highest BCUT2D eigenvalue weighted by Gasteiger charge is 2.32. The second-order valence-electron chi connectivity index (χ2n) is 8.27. The number of pyridine rings is 1.